The Hall–Kier alpha value is -0.950. The first-order chi connectivity index (χ1) is 9.29. The number of hydrogen-bond acceptors (Lipinski definition) is 6. The highest BCUT2D eigenvalue weighted by Gasteiger charge is 2.43. The van der Waals surface area contributed by atoms with Crippen LogP contribution in [0.3, 0.4) is 0 Å². The van der Waals surface area contributed by atoms with Crippen molar-refractivity contribution < 1.29 is 14.3 Å². The van der Waals surface area contributed by atoms with Crippen LogP contribution in [-0.4, -0.2) is 35.0 Å². The van der Waals surface area contributed by atoms with Gasteiger partial charge < -0.3 is 9.47 Å². The number of nitrogens with zero attached hydrogens (tertiary/aromatic N) is 1. The zero-order valence-electron chi connectivity index (χ0n) is 9.94. The summed E-state index contributed by atoms with van der Waals surface area (Å²) in [4.78, 5) is 16.3. The molecule has 2 fully saturated rings. The summed E-state index contributed by atoms with van der Waals surface area (Å²) in [6.45, 7) is 0.513. The summed E-state index contributed by atoms with van der Waals surface area (Å²) in [5, 5.41) is 0.117. The van der Waals surface area contributed by atoms with E-state index in [1.807, 2.05) is 18.2 Å². The van der Waals surface area contributed by atoms with Gasteiger partial charge in [-0.15, -0.1) is 11.3 Å². The number of ether oxygens (including phenoxy) is 2. The number of Topliss-reactive ketones (excluding diaryl/α,β-unsaturated/α-hetero) is 1. The highest BCUT2D eigenvalue weighted by atomic mass is 32.2. The zero-order valence-corrected chi connectivity index (χ0v) is 11.6. The average molecular weight is 293 g/mol. The maximum Gasteiger partial charge on any atom is 0.218 e. The standard InChI is InChI=1S/C13H11NO3S2/c15-8-5-11(9-6-16-12(8)17-9)19-13-14-7-3-1-2-4-10(7)18-13/h1-4,9,11-12H,5-6H2/t9-,11-,12-/m1/s1. The van der Waals surface area contributed by atoms with E-state index < -0.39 is 6.29 Å². The number of hydrogen-bond donors (Lipinski definition) is 0. The van der Waals surface area contributed by atoms with Crippen molar-refractivity contribution in [2.75, 3.05) is 6.61 Å². The molecule has 2 aromatic rings. The van der Waals surface area contributed by atoms with Crippen LogP contribution in [0.1, 0.15) is 6.42 Å². The van der Waals surface area contributed by atoms with Crippen LogP contribution in [0.2, 0.25) is 0 Å². The first kappa shape index (κ1) is 11.8. The predicted molar refractivity (Wildman–Crippen MR) is 73.5 cm³/mol. The third-order valence-electron chi connectivity index (χ3n) is 3.32. The highest BCUT2D eigenvalue weighted by molar-refractivity contribution is 8.01. The number of fused-ring (bicyclic) bond motifs is 3. The zero-order chi connectivity index (χ0) is 12.8. The molecule has 1 aromatic heterocycles. The summed E-state index contributed by atoms with van der Waals surface area (Å²) >= 11 is 3.30. The summed E-state index contributed by atoms with van der Waals surface area (Å²) in [5.41, 5.74) is 1.01. The van der Waals surface area contributed by atoms with Gasteiger partial charge in [-0.3, -0.25) is 4.79 Å². The Morgan fingerprint density at radius 2 is 2.26 bits per heavy atom. The predicted octanol–water partition coefficient (Wildman–Crippen LogP) is 2.47. The number of benzene rings is 1. The maximum atomic E-state index is 11.7. The molecular formula is C13H11NO3S2. The Kier molecular flexibility index (Phi) is 2.84. The van der Waals surface area contributed by atoms with Crippen LogP contribution in [0.25, 0.3) is 10.2 Å². The number of ketones is 1. The fraction of sp³-hybridized carbons (Fsp3) is 0.385. The Morgan fingerprint density at radius 1 is 1.37 bits per heavy atom. The lowest BCUT2D eigenvalue weighted by Gasteiger charge is -2.24. The Labute approximate surface area is 118 Å². The summed E-state index contributed by atoms with van der Waals surface area (Å²) < 4.78 is 13.0. The molecule has 3 heterocycles. The summed E-state index contributed by atoms with van der Waals surface area (Å²) in [7, 11) is 0. The van der Waals surface area contributed by atoms with Gasteiger partial charge in [-0.05, 0) is 12.1 Å². The molecule has 3 atom stereocenters. The van der Waals surface area contributed by atoms with Crippen LogP contribution in [0.15, 0.2) is 28.6 Å². The van der Waals surface area contributed by atoms with Crippen molar-refractivity contribution in [3.05, 3.63) is 24.3 Å². The SMILES string of the molecule is O=C1C[C@@H](Sc2nc3ccccc3s2)[C@H]2CO[C@@H]1O2. The van der Waals surface area contributed by atoms with Gasteiger partial charge in [0, 0.05) is 11.7 Å². The maximum absolute atomic E-state index is 11.7. The van der Waals surface area contributed by atoms with E-state index in [9.17, 15) is 4.79 Å². The number of rotatable bonds is 2. The Balaban J connectivity index is 1.58. The molecule has 2 bridgehead atoms. The van der Waals surface area contributed by atoms with Crippen molar-refractivity contribution in [3.8, 4) is 0 Å². The molecule has 4 rings (SSSR count). The van der Waals surface area contributed by atoms with Crippen LogP contribution in [0, 0.1) is 0 Å². The molecule has 2 aliphatic rings. The molecule has 2 saturated heterocycles. The topological polar surface area (TPSA) is 48.4 Å². The first-order valence-corrected chi connectivity index (χ1v) is 7.81. The number of para-hydroxylation sites is 1. The Bertz CT molecular complexity index is 609. The van der Waals surface area contributed by atoms with Crippen LogP contribution in [-0.2, 0) is 14.3 Å². The summed E-state index contributed by atoms with van der Waals surface area (Å²) in [6.07, 6.45) is -0.0902. The second-order valence-corrected chi connectivity index (χ2v) is 7.13. The van der Waals surface area contributed by atoms with Crippen molar-refractivity contribution >= 4 is 39.1 Å². The molecule has 0 N–H and O–H groups in total. The quantitative estimate of drug-likeness (QED) is 0.851. The van der Waals surface area contributed by atoms with E-state index in [2.05, 4.69) is 11.1 Å². The van der Waals surface area contributed by atoms with Gasteiger partial charge in [0.05, 0.1) is 22.9 Å². The molecule has 0 saturated carbocycles. The average Bonchev–Trinajstić information content (AvgIpc) is 3.00. The molecule has 19 heavy (non-hydrogen) atoms. The van der Waals surface area contributed by atoms with Crippen LogP contribution >= 0.6 is 23.1 Å². The third-order valence-corrected chi connectivity index (χ3v) is 5.75. The van der Waals surface area contributed by atoms with Crippen molar-refractivity contribution in [2.24, 2.45) is 0 Å². The summed E-state index contributed by atoms with van der Waals surface area (Å²) in [5.74, 6) is 0.0485. The lowest BCUT2D eigenvalue weighted by molar-refractivity contribution is -0.151. The van der Waals surface area contributed by atoms with Crippen molar-refractivity contribution in [2.45, 2.75) is 28.4 Å². The molecule has 98 valence electrons. The van der Waals surface area contributed by atoms with Crippen LogP contribution in [0.4, 0.5) is 0 Å². The largest absolute Gasteiger partial charge is 0.343 e. The molecule has 1 aromatic carbocycles. The molecule has 0 spiro atoms. The molecular weight excluding hydrogens is 282 g/mol. The molecule has 0 unspecified atom stereocenters. The monoisotopic (exact) mass is 293 g/mol. The second kappa shape index (κ2) is 4.56. The molecule has 0 aliphatic carbocycles. The van der Waals surface area contributed by atoms with Crippen LogP contribution in [0.5, 0.6) is 0 Å². The summed E-state index contributed by atoms with van der Waals surface area (Å²) in [6, 6.07) is 8.07. The van der Waals surface area contributed by atoms with Crippen molar-refractivity contribution in [1.82, 2.24) is 4.98 Å². The van der Waals surface area contributed by atoms with Crippen molar-refractivity contribution in [3.63, 3.8) is 0 Å². The van der Waals surface area contributed by atoms with Gasteiger partial charge >= 0.3 is 0 Å². The number of carbonyl (C=O) groups excluding carboxylic acids is 1. The van der Waals surface area contributed by atoms with E-state index >= 15 is 0 Å². The number of aromatic nitrogens is 1. The minimum atomic E-state index is -0.614. The van der Waals surface area contributed by atoms with E-state index in [-0.39, 0.29) is 17.1 Å². The lowest BCUT2D eigenvalue weighted by Crippen LogP contribution is -2.37. The van der Waals surface area contributed by atoms with Gasteiger partial charge in [-0.1, -0.05) is 23.9 Å². The number of carbonyl (C=O) groups is 1. The van der Waals surface area contributed by atoms with Gasteiger partial charge in [-0.2, -0.15) is 0 Å². The highest BCUT2D eigenvalue weighted by Crippen LogP contribution is 2.39. The van der Waals surface area contributed by atoms with E-state index in [0.717, 1.165) is 9.86 Å². The second-order valence-electron chi connectivity index (χ2n) is 4.61. The third kappa shape index (κ3) is 2.08. The Morgan fingerprint density at radius 3 is 3.16 bits per heavy atom. The number of thiazole rings is 1. The molecule has 2 aliphatic heterocycles. The van der Waals surface area contributed by atoms with E-state index in [0.29, 0.717) is 13.0 Å². The van der Waals surface area contributed by atoms with Crippen LogP contribution < -0.4 is 0 Å². The van der Waals surface area contributed by atoms with E-state index in [1.165, 1.54) is 4.70 Å². The van der Waals surface area contributed by atoms with Crippen molar-refractivity contribution in [1.29, 1.82) is 0 Å². The fourth-order valence-corrected chi connectivity index (χ4v) is 4.84. The fourth-order valence-electron chi connectivity index (χ4n) is 2.36. The first-order valence-electron chi connectivity index (χ1n) is 6.11. The smallest absolute Gasteiger partial charge is 0.218 e. The van der Waals surface area contributed by atoms with E-state index in [1.54, 1.807) is 23.1 Å². The lowest BCUT2D eigenvalue weighted by atomic mass is 10.1. The molecule has 6 heteroatoms. The minimum Gasteiger partial charge on any atom is -0.343 e. The minimum absolute atomic E-state index is 0.0136. The number of thioether (sulfide) groups is 1. The van der Waals surface area contributed by atoms with Gasteiger partial charge in [-0.25, -0.2) is 4.98 Å². The van der Waals surface area contributed by atoms with Gasteiger partial charge in [0.1, 0.15) is 0 Å². The molecule has 0 amide bonds. The van der Waals surface area contributed by atoms with Gasteiger partial charge in [0.2, 0.25) is 6.29 Å². The van der Waals surface area contributed by atoms with Gasteiger partial charge in [0.15, 0.2) is 10.1 Å². The molecule has 4 nitrogen and oxygen atoms in total. The van der Waals surface area contributed by atoms with E-state index in [4.69, 9.17) is 9.47 Å². The molecule has 0 radical (unpaired) electrons. The van der Waals surface area contributed by atoms with Gasteiger partial charge in [0.25, 0.3) is 0 Å². The normalized spacial score (nSPS) is 30.1.